The van der Waals surface area contributed by atoms with Crippen LogP contribution < -0.4 is 5.73 Å². The number of nitrogens with two attached hydrogens (primary N) is 1. The molecule has 0 unspecified atom stereocenters. The summed E-state index contributed by atoms with van der Waals surface area (Å²) in [6, 6.07) is 4.01. The fourth-order valence-electron chi connectivity index (χ4n) is 2.98. The summed E-state index contributed by atoms with van der Waals surface area (Å²) in [6.07, 6.45) is 5.73. The van der Waals surface area contributed by atoms with E-state index in [1.165, 1.54) is 5.56 Å². The first-order valence-electron chi connectivity index (χ1n) is 6.67. The Bertz CT molecular complexity index is 462. The third-order valence-corrected chi connectivity index (χ3v) is 4.41. The molecule has 96 valence electrons. The number of fused-ring (bicyclic) bond motifs is 1. The Kier molecular flexibility index (Phi) is 2.82. The van der Waals surface area contributed by atoms with Gasteiger partial charge in [0.2, 0.25) is 5.91 Å². The first kappa shape index (κ1) is 11.7. The zero-order chi connectivity index (χ0) is 12.6. The molecule has 4 nitrogen and oxygen atoms in total. The molecule has 0 saturated heterocycles. The molecule has 1 aromatic heterocycles. The molecule has 3 rings (SSSR count). The lowest BCUT2D eigenvalue weighted by atomic mass is 9.67. The molecule has 1 amide bonds. The Balaban J connectivity index is 1.78. The fraction of sp³-hybridized carbons (Fsp3) is 0.571. The van der Waals surface area contributed by atoms with Crippen molar-refractivity contribution in [2.75, 3.05) is 13.1 Å². The molecular weight excluding hydrogens is 226 g/mol. The maximum Gasteiger partial charge on any atom is 0.230 e. The Morgan fingerprint density at radius 2 is 2.33 bits per heavy atom. The summed E-state index contributed by atoms with van der Waals surface area (Å²) in [6.45, 7) is 1.97. The zero-order valence-electron chi connectivity index (χ0n) is 10.6. The number of carbonyl (C=O) groups excluding carboxylic acids is 1. The van der Waals surface area contributed by atoms with Crippen LogP contribution in [0.1, 0.15) is 30.5 Å². The highest BCUT2D eigenvalue weighted by Gasteiger charge is 2.45. The first-order valence-corrected chi connectivity index (χ1v) is 6.67. The topological polar surface area (TPSA) is 59.2 Å². The van der Waals surface area contributed by atoms with Crippen molar-refractivity contribution in [2.45, 2.75) is 32.2 Å². The van der Waals surface area contributed by atoms with Crippen LogP contribution in [0.2, 0.25) is 0 Å². The predicted octanol–water partition coefficient (Wildman–Crippen LogP) is 1.10. The molecule has 1 fully saturated rings. The van der Waals surface area contributed by atoms with Crippen LogP contribution in [0.5, 0.6) is 0 Å². The third-order valence-electron chi connectivity index (χ3n) is 4.41. The van der Waals surface area contributed by atoms with Gasteiger partial charge in [0.1, 0.15) is 0 Å². The molecule has 0 spiro atoms. The van der Waals surface area contributed by atoms with Gasteiger partial charge in [-0.15, -0.1) is 0 Å². The highest BCUT2D eigenvalue weighted by Crippen LogP contribution is 2.42. The van der Waals surface area contributed by atoms with Crippen molar-refractivity contribution in [1.82, 2.24) is 9.88 Å². The Morgan fingerprint density at radius 3 is 3.00 bits per heavy atom. The van der Waals surface area contributed by atoms with E-state index in [2.05, 4.69) is 11.1 Å². The lowest BCUT2D eigenvalue weighted by Crippen LogP contribution is -2.53. The van der Waals surface area contributed by atoms with Crippen molar-refractivity contribution in [3.63, 3.8) is 0 Å². The molecule has 0 bridgehead atoms. The summed E-state index contributed by atoms with van der Waals surface area (Å²) in [4.78, 5) is 18.9. The third kappa shape index (κ3) is 1.72. The number of rotatable bonds is 2. The van der Waals surface area contributed by atoms with Gasteiger partial charge in [0.15, 0.2) is 0 Å². The van der Waals surface area contributed by atoms with Gasteiger partial charge in [0.25, 0.3) is 0 Å². The van der Waals surface area contributed by atoms with Crippen LogP contribution in [-0.4, -0.2) is 28.9 Å². The van der Waals surface area contributed by atoms with Crippen molar-refractivity contribution in [2.24, 2.45) is 11.1 Å². The van der Waals surface area contributed by atoms with Gasteiger partial charge >= 0.3 is 0 Å². The van der Waals surface area contributed by atoms with E-state index < -0.39 is 0 Å². The minimum Gasteiger partial charge on any atom is -0.337 e. The van der Waals surface area contributed by atoms with E-state index in [1.807, 2.05) is 17.2 Å². The van der Waals surface area contributed by atoms with Crippen LogP contribution in [0.3, 0.4) is 0 Å². The lowest BCUT2D eigenvalue weighted by molar-refractivity contribution is -0.147. The molecular formula is C14H19N3O. The van der Waals surface area contributed by atoms with Gasteiger partial charge in [-0.05, 0) is 24.5 Å². The summed E-state index contributed by atoms with van der Waals surface area (Å²) in [5.41, 5.74) is 7.88. The Hall–Kier alpha value is -1.42. The average Bonchev–Trinajstić information content (AvgIpc) is 2.37. The summed E-state index contributed by atoms with van der Waals surface area (Å²) < 4.78 is 0. The number of pyridine rings is 1. The van der Waals surface area contributed by atoms with E-state index in [9.17, 15) is 4.79 Å². The predicted molar refractivity (Wildman–Crippen MR) is 68.7 cm³/mol. The van der Waals surface area contributed by atoms with Crippen LogP contribution >= 0.6 is 0 Å². The van der Waals surface area contributed by atoms with Crippen molar-refractivity contribution in [3.05, 3.63) is 29.6 Å². The van der Waals surface area contributed by atoms with Gasteiger partial charge in [-0.1, -0.05) is 12.5 Å². The van der Waals surface area contributed by atoms with Gasteiger partial charge in [-0.3, -0.25) is 9.78 Å². The van der Waals surface area contributed by atoms with Crippen LogP contribution in [-0.2, 0) is 17.8 Å². The number of carbonyl (C=O) groups is 1. The molecule has 1 aliphatic heterocycles. The minimum atomic E-state index is -0.250. The van der Waals surface area contributed by atoms with Crippen LogP contribution in [0.15, 0.2) is 18.3 Å². The van der Waals surface area contributed by atoms with E-state index in [0.717, 1.165) is 37.9 Å². The summed E-state index contributed by atoms with van der Waals surface area (Å²) in [5.74, 6) is 0.255. The van der Waals surface area contributed by atoms with Crippen molar-refractivity contribution in [3.8, 4) is 0 Å². The molecule has 4 heteroatoms. The second-order valence-electron chi connectivity index (χ2n) is 5.42. The van der Waals surface area contributed by atoms with Crippen LogP contribution in [0.25, 0.3) is 0 Å². The maximum absolute atomic E-state index is 12.6. The SMILES string of the molecule is NCC1(C(=O)N2CCc3ncccc3C2)CCC1. The Labute approximate surface area is 107 Å². The Morgan fingerprint density at radius 1 is 1.50 bits per heavy atom. The monoisotopic (exact) mass is 245 g/mol. The molecule has 1 aromatic rings. The van der Waals surface area contributed by atoms with Gasteiger partial charge in [0, 0.05) is 37.9 Å². The van der Waals surface area contributed by atoms with Crippen molar-refractivity contribution >= 4 is 5.91 Å². The molecule has 0 atom stereocenters. The minimum absolute atomic E-state index is 0.250. The lowest BCUT2D eigenvalue weighted by Gasteiger charge is -2.43. The van der Waals surface area contributed by atoms with E-state index in [0.29, 0.717) is 13.1 Å². The van der Waals surface area contributed by atoms with Crippen LogP contribution in [0, 0.1) is 5.41 Å². The molecule has 18 heavy (non-hydrogen) atoms. The summed E-state index contributed by atoms with van der Waals surface area (Å²) >= 11 is 0. The maximum atomic E-state index is 12.6. The molecule has 0 aromatic carbocycles. The number of hydrogen-bond acceptors (Lipinski definition) is 3. The number of nitrogens with zero attached hydrogens (tertiary/aromatic N) is 2. The highest BCUT2D eigenvalue weighted by molar-refractivity contribution is 5.84. The standard InChI is InChI=1S/C14H19N3O/c15-10-14(5-2-6-14)13(18)17-8-4-12-11(9-17)3-1-7-16-12/h1,3,7H,2,4-6,8-10,15H2. The number of amides is 1. The zero-order valence-corrected chi connectivity index (χ0v) is 10.6. The number of hydrogen-bond donors (Lipinski definition) is 1. The first-order chi connectivity index (χ1) is 8.75. The smallest absolute Gasteiger partial charge is 0.230 e. The van der Waals surface area contributed by atoms with E-state index in [-0.39, 0.29) is 11.3 Å². The van der Waals surface area contributed by atoms with Gasteiger partial charge in [-0.25, -0.2) is 0 Å². The van der Waals surface area contributed by atoms with Crippen molar-refractivity contribution < 1.29 is 4.79 Å². The van der Waals surface area contributed by atoms with Gasteiger partial charge in [0.05, 0.1) is 5.41 Å². The molecule has 2 aliphatic rings. The van der Waals surface area contributed by atoms with Gasteiger partial charge in [-0.2, -0.15) is 0 Å². The average molecular weight is 245 g/mol. The molecule has 0 radical (unpaired) electrons. The molecule has 1 saturated carbocycles. The normalized spacial score (nSPS) is 21.1. The van der Waals surface area contributed by atoms with E-state index >= 15 is 0 Å². The number of aromatic nitrogens is 1. The largest absolute Gasteiger partial charge is 0.337 e. The summed E-state index contributed by atoms with van der Waals surface area (Å²) in [5, 5.41) is 0. The quantitative estimate of drug-likeness (QED) is 0.848. The second kappa shape index (κ2) is 4.35. The van der Waals surface area contributed by atoms with Gasteiger partial charge < -0.3 is 10.6 Å². The second-order valence-corrected chi connectivity index (χ2v) is 5.42. The van der Waals surface area contributed by atoms with E-state index in [4.69, 9.17) is 5.73 Å². The molecule has 1 aliphatic carbocycles. The van der Waals surface area contributed by atoms with E-state index in [1.54, 1.807) is 0 Å². The van der Waals surface area contributed by atoms with Crippen LogP contribution in [0.4, 0.5) is 0 Å². The molecule has 2 heterocycles. The fourth-order valence-corrected chi connectivity index (χ4v) is 2.98. The van der Waals surface area contributed by atoms with Crippen molar-refractivity contribution in [1.29, 1.82) is 0 Å². The highest BCUT2D eigenvalue weighted by atomic mass is 16.2. The summed E-state index contributed by atoms with van der Waals surface area (Å²) in [7, 11) is 0. The molecule has 2 N–H and O–H groups in total.